The van der Waals surface area contributed by atoms with Crippen LogP contribution in [-0.2, 0) is 12.8 Å². The van der Waals surface area contributed by atoms with Crippen LogP contribution >= 0.6 is 0 Å². The van der Waals surface area contributed by atoms with Crippen LogP contribution in [0.25, 0.3) is 0 Å². The predicted octanol–water partition coefficient (Wildman–Crippen LogP) is 1.31. The summed E-state index contributed by atoms with van der Waals surface area (Å²) in [5.41, 5.74) is 12.3. The van der Waals surface area contributed by atoms with Crippen LogP contribution in [0, 0.1) is 5.82 Å². The molecule has 0 aromatic heterocycles. The molecule has 0 heterocycles. The third kappa shape index (κ3) is 3.47. The van der Waals surface area contributed by atoms with Gasteiger partial charge in [-0.25, -0.2) is 4.39 Å². The van der Waals surface area contributed by atoms with E-state index in [4.69, 9.17) is 11.5 Å². The molecule has 1 aromatic rings. The molecule has 90 valence electrons. The van der Waals surface area contributed by atoms with Gasteiger partial charge in [-0.1, -0.05) is 6.07 Å². The highest BCUT2D eigenvalue weighted by Crippen LogP contribution is 2.24. The number of hydrogen-bond acceptors (Lipinski definition) is 3. The Labute approximate surface area is 95.3 Å². The summed E-state index contributed by atoms with van der Waals surface area (Å²) in [7, 11) is 0. The van der Waals surface area contributed by atoms with E-state index in [9.17, 15) is 9.50 Å². The van der Waals surface area contributed by atoms with Gasteiger partial charge >= 0.3 is 0 Å². The first-order chi connectivity index (χ1) is 7.69. The van der Waals surface area contributed by atoms with Gasteiger partial charge in [-0.3, -0.25) is 0 Å². The summed E-state index contributed by atoms with van der Waals surface area (Å²) in [5, 5.41) is 9.53. The number of benzene rings is 1. The van der Waals surface area contributed by atoms with Gasteiger partial charge in [0.1, 0.15) is 0 Å². The summed E-state index contributed by atoms with van der Waals surface area (Å²) >= 11 is 0. The fourth-order valence-electron chi connectivity index (χ4n) is 1.65. The van der Waals surface area contributed by atoms with E-state index < -0.39 is 5.82 Å². The Morgan fingerprint density at radius 1 is 1.06 bits per heavy atom. The molecule has 0 amide bonds. The number of phenols is 1. The molecule has 0 aliphatic carbocycles. The van der Waals surface area contributed by atoms with Crippen LogP contribution in [0.2, 0.25) is 0 Å². The lowest BCUT2D eigenvalue weighted by molar-refractivity contribution is 0.424. The number of halogens is 1. The van der Waals surface area contributed by atoms with Gasteiger partial charge in [-0.05, 0) is 56.0 Å². The first kappa shape index (κ1) is 12.9. The Morgan fingerprint density at radius 3 is 2.31 bits per heavy atom. The summed E-state index contributed by atoms with van der Waals surface area (Å²) < 4.78 is 13.4. The van der Waals surface area contributed by atoms with E-state index in [1.54, 1.807) is 0 Å². The molecule has 0 atom stereocenters. The van der Waals surface area contributed by atoms with Gasteiger partial charge in [0.05, 0.1) is 0 Å². The van der Waals surface area contributed by atoms with Crippen molar-refractivity contribution in [1.29, 1.82) is 0 Å². The molecule has 0 radical (unpaired) electrons. The van der Waals surface area contributed by atoms with E-state index in [0.29, 0.717) is 25.1 Å². The van der Waals surface area contributed by atoms with Gasteiger partial charge < -0.3 is 16.6 Å². The molecule has 0 fully saturated rings. The Bertz CT molecular complexity index is 342. The minimum Gasteiger partial charge on any atom is -0.505 e. The number of aromatic hydroxyl groups is 1. The Balaban J connectivity index is 2.83. The highest BCUT2D eigenvalue weighted by molar-refractivity contribution is 5.38. The van der Waals surface area contributed by atoms with Crippen LogP contribution in [0.5, 0.6) is 5.75 Å². The summed E-state index contributed by atoms with van der Waals surface area (Å²) in [6.07, 6.45) is 2.91. The van der Waals surface area contributed by atoms with Crippen molar-refractivity contribution in [3.63, 3.8) is 0 Å². The largest absolute Gasteiger partial charge is 0.505 e. The second-order valence-electron chi connectivity index (χ2n) is 3.87. The van der Waals surface area contributed by atoms with Crippen molar-refractivity contribution in [3.05, 3.63) is 29.1 Å². The molecular formula is C12H19FN2O. The zero-order valence-corrected chi connectivity index (χ0v) is 9.38. The maximum Gasteiger partial charge on any atom is 0.165 e. The molecule has 4 heteroatoms. The quantitative estimate of drug-likeness (QED) is 0.685. The van der Waals surface area contributed by atoms with Crippen molar-refractivity contribution in [2.24, 2.45) is 11.5 Å². The van der Waals surface area contributed by atoms with Gasteiger partial charge in [0.15, 0.2) is 11.6 Å². The average Bonchev–Trinajstić information content (AvgIpc) is 2.28. The van der Waals surface area contributed by atoms with Crippen LogP contribution < -0.4 is 11.5 Å². The van der Waals surface area contributed by atoms with E-state index in [1.165, 1.54) is 6.07 Å². The highest BCUT2D eigenvalue weighted by atomic mass is 19.1. The monoisotopic (exact) mass is 226 g/mol. The first-order valence-corrected chi connectivity index (χ1v) is 5.59. The van der Waals surface area contributed by atoms with E-state index in [1.807, 2.05) is 6.07 Å². The summed E-state index contributed by atoms with van der Waals surface area (Å²) in [5.74, 6) is -0.800. The summed E-state index contributed by atoms with van der Waals surface area (Å²) in [6, 6.07) is 3.21. The number of nitrogens with two attached hydrogens (primary N) is 2. The molecule has 0 unspecified atom stereocenters. The number of rotatable bonds is 6. The minimum atomic E-state index is -0.554. The maximum absolute atomic E-state index is 13.4. The van der Waals surface area contributed by atoms with E-state index in [2.05, 4.69) is 0 Å². The topological polar surface area (TPSA) is 72.3 Å². The van der Waals surface area contributed by atoms with Gasteiger partial charge in [0, 0.05) is 0 Å². The molecule has 1 aromatic carbocycles. The molecule has 0 saturated heterocycles. The van der Waals surface area contributed by atoms with Crippen LogP contribution in [0.1, 0.15) is 24.0 Å². The Morgan fingerprint density at radius 2 is 1.69 bits per heavy atom. The normalized spacial score (nSPS) is 10.7. The molecule has 3 nitrogen and oxygen atoms in total. The highest BCUT2D eigenvalue weighted by Gasteiger charge is 2.09. The molecule has 16 heavy (non-hydrogen) atoms. The fraction of sp³-hybridized carbons (Fsp3) is 0.500. The maximum atomic E-state index is 13.4. The second-order valence-corrected chi connectivity index (χ2v) is 3.87. The van der Waals surface area contributed by atoms with Crippen LogP contribution in [0.15, 0.2) is 12.1 Å². The average molecular weight is 226 g/mol. The summed E-state index contributed by atoms with van der Waals surface area (Å²) in [6.45, 7) is 1.12. The van der Waals surface area contributed by atoms with E-state index in [-0.39, 0.29) is 5.75 Å². The predicted molar refractivity (Wildman–Crippen MR) is 62.8 cm³/mol. The molecule has 0 saturated carbocycles. The lowest BCUT2D eigenvalue weighted by atomic mass is 10.0. The molecular weight excluding hydrogens is 207 g/mol. The SMILES string of the molecule is NCCCc1cc(F)c(O)c(CCCN)c1. The van der Waals surface area contributed by atoms with Crippen LogP contribution in [-0.4, -0.2) is 18.2 Å². The molecule has 0 aliphatic heterocycles. The Kier molecular flexibility index (Phi) is 5.22. The first-order valence-electron chi connectivity index (χ1n) is 5.59. The Hall–Kier alpha value is -1.13. The van der Waals surface area contributed by atoms with E-state index in [0.717, 1.165) is 24.8 Å². The zero-order valence-electron chi connectivity index (χ0n) is 9.38. The van der Waals surface area contributed by atoms with Crippen molar-refractivity contribution in [1.82, 2.24) is 0 Å². The van der Waals surface area contributed by atoms with Crippen LogP contribution in [0.4, 0.5) is 4.39 Å². The van der Waals surface area contributed by atoms with E-state index >= 15 is 0 Å². The van der Waals surface area contributed by atoms with Crippen molar-refractivity contribution >= 4 is 0 Å². The van der Waals surface area contributed by atoms with Crippen molar-refractivity contribution < 1.29 is 9.50 Å². The van der Waals surface area contributed by atoms with Crippen molar-refractivity contribution in [2.75, 3.05) is 13.1 Å². The molecule has 0 bridgehead atoms. The van der Waals surface area contributed by atoms with Crippen molar-refractivity contribution in [3.8, 4) is 5.75 Å². The van der Waals surface area contributed by atoms with Crippen molar-refractivity contribution in [2.45, 2.75) is 25.7 Å². The smallest absolute Gasteiger partial charge is 0.165 e. The lowest BCUT2D eigenvalue weighted by Crippen LogP contribution is -2.03. The second kappa shape index (κ2) is 6.45. The number of aryl methyl sites for hydroxylation is 2. The van der Waals surface area contributed by atoms with Gasteiger partial charge in [-0.15, -0.1) is 0 Å². The minimum absolute atomic E-state index is 0.245. The van der Waals surface area contributed by atoms with Gasteiger partial charge in [0.25, 0.3) is 0 Å². The lowest BCUT2D eigenvalue weighted by Gasteiger charge is -2.08. The fourth-order valence-corrected chi connectivity index (χ4v) is 1.65. The third-order valence-corrected chi connectivity index (χ3v) is 2.52. The zero-order chi connectivity index (χ0) is 12.0. The van der Waals surface area contributed by atoms with Gasteiger partial charge in [-0.2, -0.15) is 0 Å². The molecule has 0 spiro atoms. The van der Waals surface area contributed by atoms with Crippen LogP contribution in [0.3, 0.4) is 0 Å². The third-order valence-electron chi connectivity index (χ3n) is 2.52. The number of phenolic OH excluding ortho intramolecular Hbond substituents is 1. The molecule has 5 N–H and O–H groups in total. The number of hydrogen-bond donors (Lipinski definition) is 3. The molecule has 1 rings (SSSR count). The van der Waals surface area contributed by atoms with Gasteiger partial charge in [0.2, 0.25) is 0 Å². The summed E-state index contributed by atoms with van der Waals surface area (Å²) in [4.78, 5) is 0. The molecule has 0 aliphatic rings. The standard InChI is InChI=1S/C12H19FN2O/c13-11-8-9(3-1-5-14)7-10(12(11)16)4-2-6-15/h7-8,16H,1-6,14-15H2.